The summed E-state index contributed by atoms with van der Waals surface area (Å²) in [5.41, 5.74) is 2.25. The molecule has 0 aliphatic carbocycles. The van der Waals surface area contributed by atoms with Crippen LogP contribution < -0.4 is 20.1 Å². The number of fused-ring (bicyclic) bond motifs is 3. The molecular formula is C21H16Cl3N3O3S. The predicted molar refractivity (Wildman–Crippen MR) is 125 cm³/mol. The summed E-state index contributed by atoms with van der Waals surface area (Å²) in [5.74, 6) is 0.0960. The van der Waals surface area contributed by atoms with Gasteiger partial charge in [0.1, 0.15) is 5.75 Å². The van der Waals surface area contributed by atoms with Crippen molar-refractivity contribution in [1.82, 2.24) is 14.7 Å². The third-order valence-electron chi connectivity index (χ3n) is 4.49. The monoisotopic (exact) mass is 495 g/mol. The van der Waals surface area contributed by atoms with Crippen LogP contribution >= 0.6 is 46.1 Å². The molecule has 0 aliphatic heterocycles. The first-order chi connectivity index (χ1) is 14.8. The quantitative estimate of drug-likeness (QED) is 0.334. The first-order valence-electron chi connectivity index (χ1n) is 9.31. The van der Waals surface area contributed by atoms with Crippen molar-refractivity contribution >= 4 is 74.1 Å². The number of hydrogen-bond acceptors (Lipinski definition) is 5. The molecule has 0 unspecified atom stereocenters. The summed E-state index contributed by atoms with van der Waals surface area (Å²) < 4.78 is 5.99. The van der Waals surface area contributed by atoms with Gasteiger partial charge in [-0.3, -0.25) is 9.59 Å². The zero-order valence-corrected chi connectivity index (χ0v) is 19.2. The highest BCUT2D eigenvalue weighted by Crippen LogP contribution is 2.32. The largest absolute Gasteiger partial charge is 0.466 e. The van der Waals surface area contributed by atoms with Gasteiger partial charge in [-0.15, -0.1) is 0 Å². The molecule has 1 amide bonds. The van der Waals surface area contributed by atoms with Gasteiger partial charge in [-0.25, -0.2) is 9.38 Å². The van der Waals surface area contributed by atoms with Gasteiger partial charge in [0, 0.05) is 6.42 Å². The Bertz CT molecular complexity index is 1360. The lowest BCUT2D eigenvalue weighted by Crippen LogP contribution is -2.47. The van der Waals surface area contributed by atoms with Crippen LogP contribution in [-0.4, -0.2) is 25.3 Å². The molecule has 4 rings (SSSR count). The Kier molecular flexibility index (Phi) is 6.12. The lowest BCUT2D eigenvalue weighted by atomic mass is 10.2. The number of benzene rings is 2. The van der Waals surface area contributed by atoms with Gasteiger partial charge in [0.05, 0.1) is 15.6 Å². The van der Waals surface area contributed by atoms with E-state index in [0.29, 0.717) is 15.2 Å². The summed E-state index contributed by atoms with van der Waals surface area (Å²) in [6, 6.07) is 14.4. The van der Waals surface area contributed by atoms with Gasteiger partial charge in [-0.05, 0) is 35.9 Å². The number of halogens is 3. The third-order valence-corrected chi connectivity index (χ3v) is 6.05. The first-order valence-corrected chi connectivity index (χ1v) is 11.3. The Hall–Kier alpha value is -2.32. The maximum Gasteiger partial charge on any atom is 0.274 e. The van der Waals surface area contributed by atoms with Gasteiger partial charge in [0.15, 0.2) is 4.96 Å². The SMILES string of the molecule is CCC(=O)N[C@@H](Oc1ccc(/C=c2\sc3nc4ccccc4n3c2=O)cc1)C(Cl)(Cl)Cl. The smallest absolute Gasteiger partial charge is 0.274 e. The van der Waals surface area contributed by atoms with E-state index in [1.54, 1.807) is 41.7 Å². The molecule has 160 valence electrons. The third kappa shape index (κ3) is 4.65. The lowest BCUT2D eigenvalue weighted by molar-refractivity contribution is -0.123. The molecule has 0 radical (unpaired) electrons. The van der Waals surface area contributed by atoms with E-state index in [9.17, 15) is 9.59 Å². The van der Waals surface area contributed by atoms with E-state index in [0.717, 1.165) is 16.6 Å². The fourth-order valence-electron chi connectivity index (χ4n) is 2.97. The minimum atomic E-state index is -1.85. The number of nitrogens with zero attached hydrogens (tertiary/aromatic N) is 2. The van der Waals surface area contributed by atoms with Gasteiger partial charge in [0.25, 0.3) is 5.56 Å². The second kappa shape index (κ2) is 8.67. The van der Waals surface area contributed by atoms with E-state index < -0.39 is 10.0 Å². The predicted octanol–water partition coefficient (Wildman–Crippen LogP) is 4.06. The van der Waals surface area contributed by atoms with E-state index in [2.05, 4.69) is 10.3 Å². The number of para-hydroxylation sites is 2. The minimum absolute atomic E-state index is 0.118. The van der Waals surface area contributed by atoms with Crippen LogP contribution in [0.2, 0.25) is 0 Å². The average Bonchev–Trinajstić information content (AvgIpc) is 3.24. The molecule has 0 fully saturated rings. The number of aromatic nitrogens is 2. The van der Waals surface area contributed by atoms with E-state index in [1.165, 1.54) is 11.3 Å². The van der Waals surface area contributed by atoms with Crippen molar-refractivity contribution in [2.45, 2.75) is 23.4 Å². The molecule has 10 heteroatoms. The fourth-order valence-corrected chi connectivity index (χ4v) is 4.25. The average molecular weight is 497 g/mol. The Morgan fingerprint density at radius 1 is 1.23 bits per heavy atom. The van der Waals surface area contributed by atoms with Crippen molar-refractivity contribution in [3.05, 3.63) is 69.0 Å². The number of nitrogens with one attached hydrogen (secondary N) is 1. The van der Waals surface area contributed by atoms with Crippen LogP contribution in [0.1, 0.15) is 18.9 Å². The van der Waals surface area contributed by atoms with Crippen LogP contribution in [0.4, 0.5) is 0 Å². The van der Waals surface area contributed by atoms with Gasteiger partial charge in [-0.1, -0.05) is 77.3 Å². The molecule has 0 saturated carbocycles. The molecule has 0 bridgehead atoms. The van der Waals surface area contributed by atoms with Gasteiger partial charge in [-0.2, -0.15) is 0 Å². The van der Waals surface area contributed by atoms with Crippen LogP contribution in [0.3, 0.4) is 0 Å². The molecule has 1 atom stereocenters. The highest BCUT2D eigenvalue weighted by molar-refractivity contribution is 7.15. The van der Waals surface area contributed by atoms with E-state index in [4.69, 9.17) is 39.5 Å². The zero-order valence-electron chi connectivity index (χ0n) is 16.1. The molecule has 0 saturated heterocycles. The summed E-state index contributed by atoms with van der Waals surface area (Å²) >= 11 is 19.1. The Balaban J connectivity index is 1.61. The van der Waals surface area contributed by atoms with E-state index >= 15 is 0 Å². The summed E-state index contributed by atoms with van der Waals surface area (Å²) in [5, 5.41) is 2.53. The topological polar surface area (TPSA) is 72.7 Å². The number of rotatable bonds is 5. The van der Waals surface area contributed by atoms with E-state index in [1.807, 2.05) is 24.3 Å². The molecule has 31 heavy (non-hydrogen) atoms. The summed E-state index contributed by atoms with van der Waals surface area (Å²) in [6.07, 6.45) is 0.864. The molecule has 6 nitrogen and oxygen atoms in total. The van der Waals surface area contributed by atoms with Crippen LogP contribution in [-0.2, 0) is 4.79 Å². The maximum atomic E-state index is 12.9. The Labute approximate surface area is 196 Å². The van der Waals surface area contributed by atoms with Crippen molar-refractivity contribution in [1.29, 1.82) is 0 Å². The summed E-state index contributed by atoms with van der Waals surface area (Å²) in [6.45, 7) is 1.68. The van der Waals surface area contributed by atoms with Crippen molar-refractivity contribution < 1.29 is 9.53 Å². The van der Waals surface area contributed by atoms with Crippen LogP contribution in [0.5, 0.6) is 5.75 Å². The lowest BCUT2D eigenvalue weighted by Gasteiger charge is -2.26. The van der Waals surface area contributed by atoms with E-state index in [-0.39, 0.29) is 17.9 Å². The summed E-state index contributed by atoms with van der Waals surface area (Å²) in [7, 11) is 0. The molecule has 2 aromatic carbocycles. The van der Waals surface area contributed by atoms with Crippen LogP contribution in [0, 0.1) is 0 Å². The second-order valence-electron chi connectivity index (χ2n) is 6.66. The molecule has 2 heterocycles. The number of thiazole rings is 1. The number of carbonyl (C=O) groups is 1. The van der Waals surface area contributed by atoms with Crippen molar-refractivity contribution in [3.8, 4) is 5.75 Å². The highest BCUT2D eigenvalue weighted by Gasteiger charge is 2.35. The standard InChI is InChI=1S/C21H16Cl3N3O3S/c1-2-17(28)26-19(21(22,23)24)30-13-9-7-12(8-10-13)11-16-18(29)27-15-6-4-3-5-14(15)25-20(27)31-16/h3-11,19H,2H2,1H3,(H,26,28)/b16-11-/t19-/m0/s1. The fraction of sp³-hybridized carbons (Fsp3) is 0.190. The van der Waals surface area contributed by atoms with Gasteiger partial charge >= 0.3 is 0 Å². The molecular weight excluding hydrogens is 481 g/mol. The number of hydrogen-bond donors (Lipinski definition) is 1. The van der Waals surface area contributed by atoms with Crippen molar-refractivity contribution in [2.75, 3.05) is 0 Å². The summed E-state index contributed by atoms with van der Waals surface area (Å²) in [4.78, 5) is 29.7. The van der Waals surface area contributed by atoms with Crippen LogP contribution in [0.15, 0.2) is 53.3 Å². The molecule has 0 aliphatic rings. The highest BCUT2D eigenvalue weighted by atomic mass is 35.6. The molecule has 0 spiro atoms. The first kappa shape index (κ1) is 21.9. The number of carbonyl (C=O) groups excluding carboxylic acids is 1. The van der Waals surface area contributed by atoms with Crippen LogP contribution in [0.25, 0.3) is 22.1 Å². The number of ether oxygens (including phenoxy) is 1. The number of imidazole rings is 1. The minimum Gasteiger partial charge on any atom is -0.466 e. The number of amides is 1. The van der Waals surface area contributed by atoms with Gasteiger partial charge < -0.3 is 10.1 Å². The van der Waals surface area contributed by atoms with Crippen molar-refractivity contribution in [2.24, 2.45) is 0 Å². The zero-order chi connectivity index (χ0) is 22.2. The normalized spacial score (nSPS) is 13.6. The Morgan fingerprint density at radius 2 is 1.94 bits per heavy atom. The maximum absolute atomic E-state index is 12.9. The molecule has 2 aromatic heterocycles. The van der Waals surface area contributed by atoms with Gasteiger partial charge in [0.2, 0.25) is 15.9 Å². The Morgan fingerprint density at radius 3 is 2.61 bits per heavy atom. The molecule has 4 aromatic rings. The van der Waals surface area contributed by atoms with Crippen molar-refractivity contribution in [3.63, 3.8) is 0 Å². The molecule has 1 N–H and O–H groups in total. The number of alkyl halides is 3. The second-order valence-corrected chi connectivity index (χ2v) is 10.0.